The Balaban J connectivity index is 1.91. The summed E-state index contributed by atoms with van der Waals surface area (Å²) < 4.78 is 14.4. The van der Waals surface area contributed by atoms with Crippen LogP contribution in [0, 0.1) is 12.7 Å². The standard InChI is InChI=1S/C20H18FN5O/c1-10-17(9-23-2)26-19(25-10)14-6-5-12(15-8-24-20(27)18(14)15)13-4-3-11(22)7-16(13)21/h3-7,9H,8,22H2,1-2H3,(H,24,27)(H,25,26). The van der Waals surface area contributed by atoms with Crippen molar-refractivity contribution in [1.29, 1.82) is 0 Å². The highest BCUT2D eigenvalue weighted by atomic mass is 19.1. The van der Waals surface area contributed by atoms with Crippen molar-refractivity contribution >= 4 is 17.8 Å². The van der Waals surface area contributed by atoms with Crippen molar-refractivity contribution in [3.63, 3.8) is 0 Å². The average Bonchev–Trinajstić information content (AvgIpc) is 3.19. The van der Waals surface area contributed by atoms with Crippen molar-refractivity contribution in [2.75, 3.05) is 12.8 Å². The Labute approximate surface area is 155 Å². The predicted molar refractivity (Wildman–Crippen MR) is 103 cm³/mol. The largest absolute Gasteiger partial charge is 0.399 e. The van der Waals surface area contributed by atoms with Gasteiger partial charge in [-0.1, -0.05) is 6.07 Å². The number of hydrogen-bond acceptors (Lipinski definition) is 4. The zero-order valence-corrected chi connectivity index (χ0v) is 14.9. The number of nitrogens with two attached hydrogens (primary N) is 1. The molecule has 0 aliphatic carbocycles. The molecule has 6 nitrogen and oxygen atoms in total. The fourth-order valence-electron chi connectivity index (χ4n) is 3.40. The molecule has 0 atom stereocenters. The lowest BCUT2D eigenvalue weighted by Gasteiger charge is -2.11. The molecule has 2 aromatic carbocycles. The minimum absolute atomic E-state index is 0.197. The van der Waals surface area contributed by atoms with E-state index in [4.69, 9.17) is 5.73 Å². The number of anilines is 1. The highest BCUT2D eigenvalue weighted by Gasteiger charge is 2.28. The number of aromatic nitrogens is 2. The molecule has 0 unspecified atom stereocenters. The molecule has 4 N–H and O–H groups in total. The molecule has 3 aromatic rings. The Bertz CT molecular complexity index is 1100. The van der Waals surface area contributed by atoms with Gasteiger partial charge in [-0.05, 0) is 42.3 Å². The Morgan fingerprint density at radius 2 is 1.96 bits per heavy atom. The molecular formula is C20H18FN5O. The number of nitrogen functional groups attached to an aromatic ring is 1. The Kier molecular flexibility index (Phi) is 3.99. The van der Waals surface area contributed by atoms with E-state index in [-0.39, 0.29) is 5.91 Å². The van der Waals surface area contributed by atoms with Crippen molar-refractivity contribution in [2.45, 2.75) is 13.5 Å². The van der Waals surface area contributed by atoms with Crippen molar-refractivity contribution < 1.29 is 9.18 Å². The number of H-pyrrole nitrogens is 1. The van der Waals surface area contributed by atoms with Gasteiger partial charge in [-0.3, -0.25) is 9.79 Å². The fourth-order valence-corrected chi connectivity index (χ4v) is 3.40. The molecule has 0 bridgehead atoms. The van der Waals surface area contributed by atoms with Gasteiger partial charge in [0.05, 0.1) is 5.56 Å². The molecule has 1 aliphatic heterocycles. The lowest BCUT2D eigenvalue weighted by Crippen LogP contribution is -2.13. The van der Waals surface area contributed by atoms with E-state index in [1.165, 1.54) is 6.07 Å². The van der Waals surface area contributed by atoms with E-state index in [1.54, 1.807) is 31.5 Å². The molecule has 1 aromatic heterocycles. The third-order valence-electron chi connectivity index (χ3n) is 4.68. The van der Waals surface area contributed by atoms with Gasteiger partial charge in [0.25, 0.3) is 5.91 Å². The van der Waals surface area contributed by atoms with Gasteiger partial charge in [0.15, 0.2) is 0 Å². The van der Waals surface area contributed by atoms with Gasteiger partial charge >= 0.3 is 0 Å². The highest BCUT2D eigenvalue weighted by Crippen LogP contribution is 2.36. The Morgan fingerprint density at radius 3 is 2.70 bits per heavy atom. The first-order valence-electron chi connectivity index (χ1n) is 8.48. The SMILES string of the molecule is CN=Cc1nc(-c2ccc(-c3ccc(N)cc3F)c3c2C(=O)NC3)[nH]c1C. The van der Waals surface area contributed by atoms with Crippen LogP contribution in [-0.4, -0.2) is 29.1 Å². The molecule has 0 fully saturated rings. The van der Waals surface area contributed by atoms with Crippen LogP contribution >= 0.6 is 0 Å². The fraction of sp³-hybridized carbons (Fsp3) is 0.150. The molecule has 1 aliphatic rings. The van der Waals surface area contributed by atoms with Crippen molar-refractivity contribution in [2.24, 2.45) is 4.99 Å². The van der Waals surface area contributed by atoms with Gasteiger partial charge in [0.1, 0.15) is 17.3 Å². The lowest BCUT2D eigenvalue weighted by atomic mass is 9.92. The van der Waals surface area contributed by atoms with Crippen molar-refractivity contribution in [3.8, 4) is 22.5 Å². The van der Waals surface area contributed by atoms with E-state index >= 15 is 0 Å². The molecule has 0 spiro atoms. The molecular weight excluding hydrogens is 345 g/mol. The van der Waals surface area contributed by atoms with Crippen LogP contribution in [0.15, 0.2) is 35.3 Å². The van der Waals surface area contributed by atoms with Crippen LogP contribution in [0.4, 0.5) is 10.1 Å². The summed E-state index contributed by atoms with van der Waals surface area (Å²) in [5, 5.41) is 2.83. The molecule has 2 heterocycles. The van der Waals surface area contributed by atoms with Crippen molar-refractivity contribution in [3.05, 3.63) is 58.7 Å². The maximum atomic E-state index is 14.4. The maximum Gasteiger partial charge on any atom is 0.252 e. The van der Waals surface area contributed by atoms with E-state index in [1.807, 2.05) is 13.0 Å². The van der Waals surface area contributed by atoms with Gasteiger partial charge < -0.3 is 16.0 Å². The van der Waals surface area contributed by atoms with Crippen molar-refractivity contribution in [1.82, 2.24) is 15.3 Å². The van der Waals surface area contributed by atoms with Crippen LogP contribution in [0.1, 0.15) is 27.3 Å². The predicted octanol–water partition coefficient (Wildman–Crippen LogP) is 3.07. The van der Waals surface area contributed by atoms with Crippen LogP contribution in [-0.2, 0) is 6.54 Å². The summed E-state index contributed by atoms with van der Waals surface area (Å²) in [6, 6.07) is 8.17. The summed E-state index contributed by atoms with van der Waals surface area (Å²) in [6.45, 7) is 2.23. The third-order valence-corrected chi connectivity index (χ3v) is 4.68. The van der Waals surface area contributed by atoms with Crippen LogP contribution < -0.4 is 11.1 Å². The van der Waals surface area contributed by atoms with Gasteiger partial charge in [-0.25, -0.2) is 9.37 Å². The smallest absolute Gasteiger partial charge is 0.252 e. The number of aryl methyl sites for hydroxylation is 1. The zero-order valence-electron chi connectivity index (χ0n) is 14.9. The number of fused-ring (bicyclic) bond motifs is 1. The molecule has 0 saturated carbocycles. The number of aliphatic imine (C=N–C) groups is 1. The number of carbonyl (C=O) groups excluding carboxylic acids is 1. The molecule has 1 amide bonds. The number of benzene rings is 2. The second kappa shape index (κ2) is 6.35. The van der Waals surface area contributed by atoms with Crippen LogP contribution in [0.2, 0.25) is 0 Å². The van der Waals surface area contributed by atoms with Gasteiger partial charge in [0, 0.05) is 42.3 Å². The number of rotatable bonds is 3. The summed E-state index contributed by atoms with van der Waals surface area (Å²) in [6.07, 6.45) is 1.66. The maximum absolute atomic E-state index is 14.4. The van der Waals surface area contributed by atoms with Gasteiger partial charge in [-0.15, -0.1) is 0 Å². The number of hydrogen-bond donors (Lipinski definition) is 3. The van der Waals surface area contributed by atoms with E-state index in [0.717, 1.165) is 11.3 Å². The lowest BCUT2D eigenvalue weighted by molar-refractivity contribution is 0.0966. The molecule has 136 valence electrons. The third kappa shape index (κ3) is 2.77. The molecule has 0 radical (unpaired) electrons. The normalized spacial score (nSPS) is 13.2. The van der Waals surface area contributed by atoms with E-state index in [9.17, 15) is 9.18 Å². The van der Waals surface area contributed by atoms with E-state index in [2.05, 4.69) is 20.3 Å². The molecule has 27 heavy (non-hydrogen) atoms. The number of nitrogens with one attached hydrogen (secondary N) is 2. The zero-order chi connectivity index (χ0) is 19.1. The Morgan fingerprint density at radius 1 is 1.22 bits per heavy atom. The van der Waals surface area contributed by atoms with E-state index < -0.39 is 5.82 Å². The first kappa shape index (κ1) is 17.0. The van der Waals surface area contributed by atoms with Gasteiger partial charge in [-0.2, -0.15) is 0 Å². The first-order valence-corrected chi connectivity index (χ1v) is 8.48. The van der Waals surface area contributed by atoms with Crippen LogP contribution in [0.25, 0.3) is 22.5 Å². The summed E-state index contributed by atoms with van der Waals surface area (Å²) in [5.41, 5.74) is 10.6. The number of carbonyl (C=O) groups is 1. The summed E-state index contributed by atoms with van der Waals surface area (Å²) >= 11 is 0. The molecule has 0 saturated heterocycles. The summed E-state index contributed by atoms with van der Waals surface area (Å²) in [4.78, 5) is 24.2. The number of nitrogens with zero attached hydrogens (tertiary/aromatic N) is 2. The monoisotopic (exact) mass is 363 g/mol. The minimum atomic E-state index is -0.417. The highest BCUT2D eigenvalue weighted by molar-refractivity contribution is 6.06. The average molecular weight is 363 g/mol. The second-order valence-electron chi connectivity index (χ2n) is 6.42. The summed E-state index contributed by atoms with van der Waals surface area (Å²) in [7, 11) is 1.68. The topological polar surface area (TPSA) is 96.2 Å². The molecule has 7 heteroatoms. The number of amides is 1. The second-order valence-corrected chi connectivity index (χ2v) is 6.42. The quantitative estimate of drug-likeness (QED) is 0.493. The minimum Gasteiger partial charge on any atom is -0.399 e. The van der Waals surface area contributed by atoms with Crippen LogP contribution in [0.3, 0.4) is 0 Å². The van der Waals surface area contributed by atoms with Crippen LogP contribution in [0.5, 0.6) is 0 Å². The van der Waals surface area contributed by atoms with Gasteiger partial charge in [0.2, 0.25) is 0 Å². The van der Waals surface area contributed by atoms with E-state index in [0.29, 0.717) is 46.0 Å². The molecule has 4 rings (SSSR count). The number of aromatic amines is 1. The first-order chi connectivity index (χ1) is 13.0. The summed E-state index contributed by atoms with van der Waals surface area (Å²) in [5.74, 6) is -0.0305. The Hall–Kier alpha value is -3.48. The number of halogens is 1. The number of imidazole rings is 1.